The molecule has 0 aliphatic carbocycles. The van der Waals surface area contributed by atoms with E-state index in [1.165, 1.54) is 5.48 Å². The Morgan fingerprint density at radius 1 is 1.17 bits per heavy atom. The molecular formula is C23H34N2O5. The molecule has 2 atom stereocenters. The van der Waals surface area contributed by atoms with Crippen molar-refractivity contribution in [3.8, 4) is 0 Å². The van der Waals surface area contributed by atoms with Crippen LogP contribution in [-0.2, 0) is 20.7 Å². The van der Waals surface area contributed by atoms with Crippen molar-refractivity contribution in [3.05, 3.63) is 48.6 Å². The largest absolute Gasteiger partial charge is 0.461 e. The van der Waals surface area contributed by atoms with Crippen molar-refractivity contribution in [1.82, 2.24) is 10.4 Å². The van der Waals surface area contributed by atoms with E-state index in [2.05, 4.69) is 6.58 Å². The fourth-order valence-corrected chi connectivity index (χ4v) is 3.30. The van der Waals surface area contributed by atoms with Crippen molar-refractivity contribution >= 4 is 17.9 Å². The molecule has 7 nitrogen and oxygen atoms in total. The molecule has 0 aliphatic rings. The second-order valence-corrected chi connectivity index (χ2v) is 8.01. The van der Waals surface area contributed by atoms with Crippen LogP contribution in [0.4, 0.5) is 4.79 Å². The zero-order chi connectivity index (χ0) is 22.7. The first kappa shape index (κ1) is 25.4. The number of amides is 3. The molecule has 3 amide bonds. The van der Waals surface area contributed by atoms with E-state index < -0.39 is 36.0 Å². The highest BCUT2D eigenvalue weighted by atomic mass is 16.5. The summed E-state index contributed by atoms with van der Waals surface area (Å²) in [6.45, 7) is 11.1. The zero-order valence-corrected chi connectivity index (χ0v) is 18.3. The highest BCUT2D eigenvalue weighted by molar-refractivity contribution is 5.99. The number of esters is 1. The SMILES string of the molecule is C=CCCC(CC(C)C)C(=O)N(C(=O)NO)[C@@H](Cc1ccccc1)C(=O)OC(C)C. The van der Waals surface area contributed by atoms with Crippen molar-refractivity contribution < 1.29 is 24.3 Å². The van der Waals surface area contributed by atoms with Crippen LogP contribution in [0.15, 0.2) is 43.0 Å². The molecule has 0 spiro atoms. The summed E-state index contributed by atoms with van der Waals surface area (Å²) in [6, 6.07) is 6.81. The maximum Gasteiger partial charge on any atom is 0.348 e. The average Bonchev–Trinajstić information content (AvgIpc) is 2.70. The van der Waals surface area contributed by atoms with Crippen LogP contribution in [0.1, 0.15) is 52.5 Å². The zero-order valence-electron chi connectivity index (χ0n) is 18.3. The number of imide groups is 1. The van der Waals surface area contributed by atoms with Crippen LogP contribution >= 0.6 is 0 Å². The molecule has 30 heavy (non-hydrogen) atoms. The molecule has 0 aromatic heterocycles. The average molecular weight is 419 g/mol. The number of allylic oxidation sites excluding steroid dienone is 1. The Bertz CT molecular complexity index is 703. The highest BCUT2D eigenvalue weighted by Gasteiger charge is 2.39. The Kier molecular flexibility index (Phi) is 10.8. The number of ether oxygens (including phenoxy) is 1. The molecule has 1 unspecified atom stereocenters. The van der Waals surface area contributed by atoms with Gasteiger partial charge in [0.1, 0.15) is 6.04 Å². The molecule has 0 radical (unpaired) electrons. The number of benzene rings is 1. The van der Waals surface area contributed by atoms with E-state index in [9.17, 15) is 19.6 Å². The third-order valence-electron chi connectivity index (χ3n) is 4.58. The summed E-state index contributed by atoms with van der Waals surface area (Å²) >= 11 is 0. The van der Waals surface area contributed by atoms with Gasteiger partial charge in [-0.25, -0.2) is 20.0 Å². The van der Waals surface area contributed by atoms with Gasteiger partial charge in [-0.3, -0.25) is 10.0 Å². The number of nitrogens with one attached hydrogen (secondary N) is 1. The molecule has 7 heteroatoms. The van der Waals surface area contributed by atoms with Crippen molar-refractivity contribution in [2.75, 3.05) is 0 Å². The summed E-state index contributed by atoms with van der Waals surface area (Å²) in [4.78, 5) is 39.7. The first-order chi connectivity index (χ1) is 14.2. The highest BCUT2D eigenvalue weighted by Crippen LogP contribution is 2.23. The molecule has 1 aromatic rings. The number of carbonyl (C=O) groups is 3. The van der Waals surface area contributed by atoms with Crippen LogP contribution in [0, 0.1) is 11.8 Å². The fraction of sp³-hybridized carbons (Fsp3) is 0.522. The molecule has 0 bridgehead atoms. The Morgan fingerprint density at radius 3 is 2.30 bits per heavy atom. The molecule has 1 aromatic carbocycles. The molecule has 0 saturated heterocycles. The summed E-state index contributed by atoms with van der Waals surface area (Å²) in [6.07, 6.45) is 3.01. The van der Waals surface area contributed by atoms with Crippen LogP contribution in [0.25, 0.3) is 0 Å². The van der Waals surface area contributed by atoms with Crippen molar-refractivity contribution in [3.63, 3.8) is 0 Å². The number of rotatable bonds is 11. The lowest BCUT2D eigenvalue weighted by Crippen LogP contribution is -2.55. The van der Waals surface area contributed by atoms with Gasteiger partial charge in [0.25, 0.3) is 0 Å². The lowest BCUT2D eigenvalue weighted by Gasteiger charge is -2.32. The van der Waals surface area contributed by atoms with Crippen LogP contribution in [0.3, 0.4) is 0 Å². The van der Waals surface area contributed by atoms with Gasteiger partial charge in [-0.05, 0) is 44.6 Å². The second kappa shape index (κ2) is 12.8. The summed E-state index contributed by atoms with van der Waals surface area (Å²) < 4.78 is 5.34. The van der Waals surface area contributed by atoms with E-state index in [-0.39, 0.29) is 12.3 Å². The minimum absolute atomic E-state index is 0.0847. The molecule has 2 N–H and O–H groups in total. The van der Waals surface area contributed by atoms with E-state index in [4.69, 9.17) is 4.74 Å². The van der Waals surface area contributed by atoms with Crippen molar-refractivity contribution in [1.29, 1.82) is 0 Å². The van der Waals surface area contributed by atoms with E-state index in [1.807, 2.05) is 32.0 Å². The third kappa shape index (κ3) is 7.99. The maximum absolute atomic E-state index is 13.4. The summed E-state index contributed by atoms with van der Waals surface area (Å²) in [5, 5.41) is 9.31. The molecule has 166 valence electrons. The molecule has 0 fully saturated rings. The van der Waals surface area contributed by atoms with Gasteiger partial charge < -0.3 is 4.74 Å². The summed E-state index contributed by atoms with van der Waals surface area (Å²) in [7, 11) is 0. The standard InChI is InChI=1S/C23H34N2O5/c1-6-7-13-19(14-16(2)3)21(26)25(23(28)24-29)20(22(27)30-17(4)5)15-18-11-9-8-10-12-18/h6,8-12,16-17,19-20,29H,1,7,13-15H2,2-5H3,(H,24,28)/t19?,20-/m0/s1. The smallest absolute Gasteiger partial charge is 0.348 e. The quantitative estimate of drug-likeness (QED) is 0.244. The number of urea groups is 1. The van der Waals surface area contributed by atoms with Crippen LogP contribution in [0.5, 0.6) is 0 Å². The van der Waals surface area contributed by atoms with E-state index in [0.717, 1.165) is 10.5 Å². The van der Waals surface area contributed by atoms with E-state index >= 15 is 0 Å². The minimum atomic E-state index is -1.20. The van der Waals surface area contributed by atoms with E-state index in [1.54, 1.807) is 32.1 Å². The third-order valence-corrected chi connectivity index (χ3v) is 4.58. The second-order valence-electron chi connectivity index (χ2n) is 8.01. The number of hydroxylamine groups is 1. The van der Waals surface area contributed by atoms with E-state index in [0.29, 0.717) is 19.3 Å². The summed E-state index contributed by atoms with van der Waals surface area (Å²) in [5.74, 6) is -1.50. The van der Waals surface area contributed by atoms with Gasteiger partial charge in [0, 0.05) is 12.3 Å². The number of nitrogens with zero attached hydrogens (tertiary/aromatic N) is 1. The van der Waals surface area contributed by atoms with Crippen molar-refractivity contribution in [2.24, 2.45) is 11.8 Å². The van der Waals surface area contributed by atoms with Gasteiger partial charge in [0.05, 0.1) is 6.10 Å². The molecule has 1 rings (SSSR count). The Balaban J connectivity index is 3.34. The number of carbonyl (C=O) groups excluding carboxylic acids is 3. The fourth-order valence-electron chi connectivity index (χ4n) is 3.30. The van der Waals surface area contributed by atoms with Gasteiger partial charge in [-0.15, -0.1) is 6.58 Å². The minimum Gasteiger partial charge on any atom is -0.461 e. The van der Waals surface area contributed by atoms with Gasteiger partial charge >= 0.3 is 12.0 Å². The first-order valence-electron chi connectivity index (χ1n) is 10.3. The Hall–Kier alpha value is -2.67. The topological polar surface area (TPSA) is 95.9 Å². The Morgan fingerprint density at radius 2 is 1.80 bits per heavy atom. The molecular weight excluding hydrogens is 384 g/mol. The van der Waals surface area contributed by atoms with Crippen LogP contribution in [0.2, 0.25) is 0 Å². The van der Waals surface area contributed by atoms with Gasteiger partial charge in [-0.1, -0.05) is 50.3 Å². The van der Waals surface area contributed by atoms with Crippen LogP contribution in [-0.4, -0.2) is 40.2 Å². The first-order valence-corrected chi connectivity index (χ1v) is 10.3. The van der Waals surface area contributed by atoms with Gasteiger partial charge in [0.2, 0.25) is 5.91 Å². The Labute approximate surface area is 179 Å². The lowest BCUT2D eigenvalue weighted by molar-refractivity contribution is -0.157. The predicted molar refractivity (Wildman–Crippen MR) is 115 cm³/mol. The maximum atomic E-state index is 13.4. The summed E-state index contributed by atoms with van der Waals surface area (Å²) in [5.41, 5.74) is 2.29. The number of hydrogen-bond acceptors (Lipinski definition) is 5. The van der Waals surface area contributed by atoms with Crippen LogP contribution < -0.4 is 5.48 Å². The molecule has 0 heterocycles. The lowest BCUT2D eigenvalue weighted by atomic mass is 9.90. The monoisotopic (exact) mass is 418 g/mol. The predicted octanol–water partition coefficient (Wildman–Crippen LogP) is 4.11. The van der Waals surface area contributed by atoms with Gasteiger partial charge in [0.15, 0.2) is 0 Å². The normalized spacial score (nSPS) is 12.9. The molecule has 0 saturated carbocycles. The van der Waals surface area contributed by atoms with Crippen molar-refractivity contribution in [2.45, 2.75) is 65.5 Å². The molecule has 0 aliphatic heterocycles. The number of hydrogen-bond donors (Lipinski definition) is 2. The van der Waals surface area contributed by atoms with Gasteiger partial charge in [-0.2, -0.15) is 0 Å².